The second kappa shape index (κ2) is 11.6. The molecule has 8 heteroatoms. The van der Waals surface area contributed by atoms with Gasteiger partial charge in [-0.3, -0.25) is 9.69 Å². The molecule has 0 aliphatic carbocycles. The second-order valence-electron chi connectivity index (χ2n) is 6.74. The highest BCUT2D eigenvalue weighted by Gasteiger charge is 2.17. The molecule has 3 N–H and O–H groups in total. The molecule has 1 aliphatic heterocycles. The Bertz CT molecular complexity index is 717. The molecule has 27 heavy (non-hydrogen) atoms. The molecule has 1 saturated heterocycles. The second-order valence-corrected chi connectivity index (χ2v) is 7.68. The molecule has 2 heterocycles. The molecule has 0 spiro atoms. The van der Waals surface area contributed by atoms with Gasteiger partial charge in [-0.05, 0) is 43.0 Å². The van der Waals surface area contributed by atoms with Crippen molar-refractivity contribution in [2.24, 2.45) is 11.7 Å². The average molecular weight is 431 g/mol. The molecule has 1 aliphatic rings. The maximum absolute atomic E-state index is 12.3. The summed E-state index contributed by atoms with van der Waals surface area (Å²) in [5.41, 5.74) is 8.47. The van der Waals surface area contributed by atoms with E-state index in [1.165, 1.54) is 35.3 Å². The van der Waals surface area contributed by atoms with Crippen LogP contribution >= 0.6 is 36.2 Å². The highest BCUT2D eigenvalue weighted by Crippen LogP contribution is 2.19. The van der Waals surface area contributed by atoms with Gasteiger partial charge < -0.3 is 11.1 Å². The summed E-state index contributed by atoms with van der Waals surface area (Å²) in [5, 5.41) is 5.53. The zero-order chi connectivity index (χ0) is 17.6. The third-order valence-corrected chi connectivity index (χ3v) is 5.66. The Labute approximate surface area is 177 Å². The molecule has 0 atom stereocenters. The first kappa shape index (κ1) is 23.9. The first-order chi connectivity index (χ1) is 12.2. The van der Waals surface area contributed by atoms with Gasteiger partial charge in [0.25, 0.3) is 5.91 Å². The molecule has 1 aromatic carbocycles. The molecule has 1 amide bonds. The van der Waals surface area contributed by atoms with Crippen LogP contribution in [0, 0.1) is 5.92 Å². The molecular weight excluding hydrogens is 403 g/mol. The summed E-state index contributed by atoms with van der Waals surface area (Å²) in [6, 6.07) is 8.35. The van der Waals surface area contributed by atoms with Crippen LogP contribution in [0.3, 0.4) is 0 Å². The van der Waals surface area contributed by atoms with Gasteiger partial charge in [0, 0.05) is 25.0 Å². The van der Waals surface area contributed by atoms with E-state index in [0.29, 0.717) is 18.8 Å². The van der Waals surface area contributed by atoms with Gasteiger partial charge in [0.2, 0.25) is 0 Å². The van der Waals surface area contributed by atoms with Crippen molar-refractivity contribution in [3.8, 4) is 0 Å². The molecule has 1 fully saturated rings. The summed E-state index contributed by atoms with van der Waals surface area (Å²) in [4.78, 5) is 19.0. The van der Waals surface area contributed by atoms with E-state index in [2.05, 4.69) is 40.3 Å². The molecule has 0 radical (unpaired) electrons. The quantitative estimate of drug-likeness (QED) is 0.733. The summed E-state index contributed by atoms with van der Waals surface area (Å²) in [7, 11) is 0. The number of piperidine rings is 1. The fraction of sp³-hybridized carbons (Fsp3) is 0.474. The van der Waals surface area contributed by atoms with Gasteiger partial charge in [0.05, 0.1) is 0 Å². The minimum atomic E-state index is -0.141. The molecule has 0 bridgehead atoms. The lowest BCUT2D eigenvalue weighted by Gasteiger charge is -2.30. The standard InChI is InChI=1S/C19H26N4OS.2ClH/c1-14-6-8-23(9-7-14)12-16-5-3-2-4-15(16)11-21-19(24)17-13-25-18(10-20)22-17;;/h2-5,13-14H,6-12,20H2,1H3,(H,21,24);2*1H. The van der Waals surface area contributed by atoms with Gasteiger partial charge in [-0.2, -0.15) is 0 Å². The first-order valence-corrected chi connectivity index (χ1v) is 9.75. The Morgan fingerprint density at radius 1 is 1.26 bits per heavy atom. The molecular formula is C19H28Cl2N4OS. The SMILES string of the molecule is CC1CCN(Cc2ccccc2CNC(=O)c2csc(CN)n2)CC1.Cl.Cl. The van der Waals surface area contributed by atoms with Crippen LogP contribution in [0.15, 0.2) is 29.6 Å². The maximum Gasteiger partial charge on any atom is 0.271 e. The summed E-state index contributed by atoms with van der Waals surface area (Å²) in [5.74, 6) is 0.694. The molecule has 1 aromatic heterocycles. The van der Waals surface area contributed by atoms with E-state index in [9.17, 15) is 4.79 Å². The van der Waals surface area contributed by atoms with E-state index in [1.54, 1.807) is 5.38 Å². The Morgan fingerprint density at radius 2 is 1.93 bits per heavy atom. The summed E-state index contributed by atoms with van der Waals surface area (Å²) in [6.07, 6.45) is 2.54. The van der Waals surface area contributed by atoms with Crippen molar-refractivity contribution in [2.45, 2.75) is 39.4 Å². The number of hydrogen-bond acceptors (Lipinski definition) is 5. The molecule has 2 aromatic rings. The Kier molecular flexibility index (Phi) is 10.3. The smallest absolute Gasteiger partial charge is 0.271 e. The summed E-state index contributed by atoms with van der Waals surface area (Å²) >= 11 is 1.42. The van der Waals surface area contributed by atoms with Crippen LogP contribution < -0.4 is 11.1 Å². The highest BCUT2D eigenvalue weighted by molar-refractivity contribution is 7.09. The van der Waals surface area contributed by atoms with Gasteiger partial charge >= 0.3 is 0 Å². The van der Waals surface area contributed by atoms with Gasteiger partial charge in [-0.1, -0.05) is 31.2 Å². The number of nitrogens with two attached hydrogens (primary N) is 1. The fourth-order valence-corrected chi connectivity index (χ4v) is 3.77. The van der Waals surface area contributed by atoms with Crippen LogP contribution in [0.2, 0.25) is 0 Å². The number of hydrogen-bond donors (Lipinski definition) is 2. The van der Waals surface area contributed by atoms with Crippen LogP contribution in [0.4, 0.5) is 0 Å². The lowest BCUT2D eigenvalue weighted by Crippen LogP contribution is -2.33. The monoisotopic (exact) mass is 430 g/mol. The Morgan fingerprint density at radius 3 is 2.56 bits per heavy atom. The first-order valence-electron chi connectivity index (χ1n) is 8.87. The minimum Gasteiger partial charge on any atom is -0.347 e. The lowest BCUT2D eigenvalue weighted by molar-refractivity contribution is 0.0946. The largest absolute Gasteiger partial charge is 0.347 e. The zero-order valence-electron chi connectivity index (χ0n) is 15.5. The van der Waals surface area contributed by atoms with Gasteiger partial charge in [0.15, 0.2) is 0 Å². The van der Waals surface area contributed by atoms with Crippen molar-refractivity contribution < 1.29 is 4.79 Å². The van der Waals surface area contributed by atoms with Gasteiger partial charge in [-0.25, -0.2) is 4.98 Å². The number of benzene rings is 1. The average Bonchev–Trinajstić information content (AvgIpc) is 3.12. The van der Waals surface area contributed by atoms with E-state index in [-0.39, 0.29) is 30.7 Å². The number of amides is 1. The number of halogens is 2. The molecule has 0 saturated carbocycles. The van der Waals surface area contributed by atoms with Crippen molar-refractivity contribution in [1.29, 1.82) is 0 Å². The van der Waals surface area contributed by atoms with Crippen molar-refractivity contribution in [2.75, 3.05) is 13.1 Å². The predicted octanol–water partition coefficient (Wildman–Crippen LogP) is 3.61. The van der Waals surface area contributed by atoms with Crippen LogP contribution in [-0.4, -0.2) is 28.9 Å². The number of rotatable bonds is 6. The van der Waals surface area contributed by atoms with Crippen LogP contribution in [-0.2, 0) is 19.6 Å². The van der Waals surface area contributed by atoms with E-state index in [1.807, 2.05) is 6.07 Å². The van der Waals surface area contributed by atoms with Crippen LogP contribution in [0.5, 0.6) is 0 Å². The lowest BCUT2D eigenvalue weighted by atomic mass is 9.98. The number of carbonyl (C=O) groups excluding carboxylic acids is 1. The van der Waals surface area contributed by atoms with Gasteiger partial charge in [0.1, 0.15) is 10.7 Å². The van der Waals surface area contributed by atoms with E-state index in [0.717, 1.165) is 30.6 Å². The molecule has 3 rings (SSSR count). The summed E-state index contributed by atoms with van der Waals surface area (Å²) < 4.78 is 0. The van der Waals surface area contributed by atoms with Crippen molar-refractivity contribution in [3.05, 3.63) is 51.5 Å². The number of nitrogens with zero attached hydrogens (tertiary/aromatic N) is 2. The Balaban J connectivity index is 0.00000182. The third-order valence-electron chi connectivity index (χ3n) is 4.79. The van der Waals surface area contributed by atoms with E-state index in [4.69, 9.17) is 5.73 Å². The molecule has 150 valence electrons. The number of likely N-dealkylation sites (tertiary alicyclic amines) is 1. The third kappa shape index (κ3) is 6.73. The van der Waals surface area contributed by atoms with E-state index < -0.39 is 0 Å². The molecule has 0 unspecified atom stereocenters. The number of thiazole rings is 1. The normalized spacial score (nSPS) is 14.9. The number of aromatic nitrogens is 1. The number of carbonyl (C=O) groups is 1. The topological polar surface area (TPSA) is 71.2 Å². The maximum atomic E-state index is 12.3. The Hall–Kier alpha value is -1.18. The van der Waals surface area contributed by atoms with Crippen LogP contribution in [0.1, 0.15) is 46.4 Å². The molecule has 5 nitrogen and oxygen atoms in total. The highest BCUT2D eigenvalue weighted by atomic mass is 35.5. The fourth-order valence-electron chi connectivity index (χ4n) is 3.12. The van der Waals surface area contributed by atoms with E-state index >= 15 is 0 Å². The van der Waals surface area contributed by atoms with Crippen molar-refractivity contribution in [1.82, 2.24) is 15.2 Å². The number of nitrogens with one attached hydrogen (secondary N) is 1. The van der Waals surface area contributed by atoms with Gasteiger partial charge in [-0.15, -0.1) is 36.2 Å². The predicted molar refractivity (Wildman–Crippen MR) is 116 cm³/mol. The zero-order valence-corrected chi connectivity index (χ0v) is 18.0. The summed E-state index contributed by atoms with van der Waals surface area (Å²) in [6.45, 7) is 6.48. The van der Waals surface area contributed by atoms with Crippen LogP contribution in [0.25, 0.3) is 0 Å². The van der Waals surface area contributed by atoms with Crippen molar-refractivity contribution in [3.63, 3.8) is 0 Å². The van der Waals surface area contributed by atoms with Crippen molar-refractivity contribution >= 4 is 42.1 Å². The minimum absolute atomic E-state index is 0.